The van der Waals surface area contributed by atoms with Crippen LogP contribution in [0.4, 0.5) is 0 Å². The smallest absolute Gasteiger partial charge is 0.0873 e. The predicted molar refractivity (Wildman–Crippen MR) is 68.1 cm³/mol. The lowest BCUT2D eigenvalue weighted by atomic mass is 9.87. The van der Waals surface area contributed by atoms with E-state index < -0.39 is 0 Å². The highest BCUT2D eigenvalue weighted by molar-refractivity contribution is 7.99. The summed E-state index contributed by atoms with van der Waals surface area (Å²) < 4.78 is 11.9. The second kappa shape index (κ2) is 5.71. The Morgan fingerprint density at radius 2 is 2.19 bits per heavy atom. The fourth-order valence-corrected chi connectivity index (χ4v) is 3.67. The van der Waals surface area contributed by atoms with Crippen LogP contribution in [0, 0.1) is 0 Å². The van der Waals surface area contributed by atoms with Crippen LogP contribution in [0.15, 0.2) is 0 Å². The summed E-state index contributed by atoms with van der Waals surface area (Å²) in [4.78, 5) is 0. The van der Waals surface area contributed by atoms with Crippen LogP contribution in [0.5, 0.6) is 0 Å². The maximum atomic E-state index is 6.10. The molecule has 0 aromatic heterocycles. The molecule has 2 aliphatic rings. The molecule has 16 heavy (non-hydrogen) atoms. The van der Waals surface area contributed by atoms with E-state index in [1.54, 1.807) is 0 Å². The summed E-state index contributed by atoms with van der Waals surface area (Å²) in [5, 5.41) is 3.58. The zero-order valence-corrected chi connectivity index (χ0v) is 11.1. The van der Waals surface area contributed by atoms with E-state index in [1.165, 1.54) is 11.5 Å². The van der Waals surface area contributed by atoms with E-state index in [-0.39, 0.29) is 5.60 Å². The molecular formula is C12H23NO2S. The molecule has 0 amide bonds. The van der Waals surface area contributed by atoms with Crippen molar-refractivity contribution in [3.05, 3.63) is 0 Å². The van der Waals surface area contributed by atoms with E-state index in [1.807, 2.05) is 11.8 Å². The fourth-order valence-electron chi connectivity index (χ4n) is 2.48. The largest absolute Gasteiger partial charge is 0.377 e. The molecule has 2 heterocycles. The molecule has 0 saturated carbocycles. The number of thioether (sulfide) groups is 1. The lowest BCUT2D eigenvalue weighted by Crippen LogP contribution is -2.61. The van der Waals surface area contributed by atoms with Gasteiger partial charge in [-0.15, -0.1) is 0 Å². The highest BCUT2D eigenvalue weighted by Gasteiger charge is 2.43. The first kappa shape index (κ1) is 12.7. The van der Waals surface area contributed by atoms with E-state index >= 15 is 0 Å². The minimum Gasteiger partial charge on any atom is -0.377 e. The van der Waals surface area contributed by atoms with Crippen molar-refractivity contribution < 1.29 is 9.47 Å². The van der Waals surface area contributed by atoms with E-state index in [0.29, 0.717) is 12.1 Å². The van der Waals surface area contributed by atoms with E-state index in [9.17, 15) is 0 Å². The van der Waals surface area contributed by atoms with Gasteiger partial charge in [0, 0.05) is 6.54 Å². The average Bonchev–Trinajstić information content (AvgIpc) is 2.29. The molecule has 1 atom stereocenters. The quantitative estimate of drug-likeness (QED) is 0.819. The SMILES string of the molecule is CC(C)OCC1NCCOC12CCSCC2. The minimum absolute atomic E-state index is 0.0540. The zero-order valence-electron chi connectivity index (χ0n) is 10.3. The molecule has 2 fully saturated rings. The van der Waals surface area contributed by atoms with Gasteiger partial charge < -0.3 is 14.8 Å². The molecule has 1 unspecified atom stereocenters. The van der Waals surface area contributed by atoms with Gasteiger partial charge >= 0.3 is 0 Å². The maximum absolute atomic E-state index is 6.10. The molecule has 0 aliphatic carbocycles. The summed E-state index contributed by atoms with van der Waals surface area (Å²) in [5.41, 5.74) is 0.0540. The number of morpholine rings is 1. The van der Waals surface area contributed by atoms with Crippen molar-refractivity contribution in [1.82, 2.24) is 5.32 Å². The van der Waals surface area contributed by atoms with Crippen LogP contribution in [-0.2, 0) is 9.47 Å². The average molecular weight is 245 g/mol. The van der Waals surface area contributed by atoms with Crippen molar-refractivity contribution in [2.45, 2.75) is 44.4 Å². The van der Waals surface area contributed by atoms with Gasteiger partial charge in [-0.1, -0.05) is 0 Å². The first-order valence-corrected chi connectivity index (χ1v) is 7.45. The normalized spacial score (nSPS) is 29.8. The van der Waals surface area contributed by atoms with Crippen LogP contribution in [-0.4, -0.2) is 49.0 Å². The van der Waals surface area contributed by atoms with Gasteiger partial charge in [-0.2, -0.15) is 11.8 Å². The van der Waals surface area contributed by atoms with E-state index in [4.69, 9.17) is 9.47 Å². The Bertz CT molecular complexity index is 209. The first-order valence-electron chi connectivity index (χ1n) is 6.30. The Kier molecular flexibility index (Phi) is 4.53. The Hall–Kier alpha value is 0.230. The van der Waals surface area contributed by atoms with Gasteiger partial charge in [0.25, 0.3) is 0 Å². The van der Waals surface area contributed by atoms with Gasteiger partial charge in [0.15, 0.2) is 0 Å². The highest BCUT2D eigenvalue weighted by Crippen LogP contribution is 2.35. The van der Waals surface area contributed by atoms with Gasteiger partial charge in [0.2, 0.25) is 0 Å². The summed E-state index contributed by atoms with van der Waals surface area (Å²) in [6.07, 6.45) is 2.63. The third-order valence-electron chi connectivity index (χ3n) is 3.45. The molecule has 0 aromatic carbocycles. The Balaban J connectivity index is 1.95. The van der Waals surface area contributed by atoms with Gasteiger partial charge in [-0.25, -0.2) is 0 Å². The molecule has 3 nitrogen and oxygen atoms in total. The molecule has 94 valence electrons. The third-order valence-corrected chi connectivity index (χ3v) is 4.44. The molecule has 0 bridgehead atoms. The molecule has 0 aromatic rings. The van der Waals surface area contributed by atoms with Crippen LogP contribution >= 0.6 is 11.8 Å². The number of hydrogen-bond acceptors (Lipinski definition) is 4. The number of rotatable bonds is 3. The van der Waals surface area contributed by atoms with Crippen LogP contribution < -0.4 is 5.32 Å². The van der Waals surface area contributed by atoms with Gasteiger partial charge in [-0.3, -0.25) is 0 Å². The van der Waals surface area contributed by atoms with Crippen molar-refractivity contribution in [2.75, 3.05) is 31.3 Å². The van der Waals surface area contributed by atoms with Crippen LogP contribution in [0.1, 0.15) is 26.7 Å². The second-order valence-electron chi connectivity index (χ2n) is 4.91. The van der Waals surface area contributed by atoms with E-state index in [2.05, 4.69) is 19.2 Å². The maximum Gasteiger partial charge on any atom is 0.0873 e. The highest BCUT2D eigenvalue weighted by atomic mass is 32.2. The van der Waals surface area contributed by atoms with Crippen LogP contribution in [0.25, 0.3) is 0 Å². The van der Waals surface area contributed by atoms with Crippen LogP contribution in [0.3, 0.4) is 0 Å². The molecule has 2 aliphatic heterocycles. The second-order valence-corrected chi connectivity index (χ2v) is 6.14. The van der Waals surface area contributed by atoms with Crippen molar-refractivity contribution in [3.8, 4) is 0 Å². The minimum atomic E-state index is 0.0540. The van der Waals surface area contributed by atoms with Gasteiger partial charge in [-0.05, 0) is 38.2 Å². The molecule has 2 saturated heterocycles. The predicted octanol–water partition coefficient (Wildman–Crippen LogP) is 1.67. The molecule has 0 radical (unpaired) electrons. The molecule has 2 rings (SSSR count). The van der Waals surface area contributed by atoms with Crippen molar-refractivity contribution in [2.24, 2.45) is 0 Å². The van der Waals surface area contributed by atoms with Gasteiger partial charge in [0.1, 0.15) is 0 Å². The monoisotopic (exact) mass is 245 g/mol. The van der Waals surface area contributed by atoms with Crippen molar-refractivity contribution in [1.29, 1.82) is 0 Å². The standard InChI is InChI=1S/C12H23NO2S/c1-10(2)14-9-11-12(15-6-5-13-11)3-7-16-8-4-12/h10-11,13H,3-9H2,1-2H3. The van der Waals surface area contributed by atoms with E-state index in [0.717, 1.165) is 32.6 Å². The Morgan fingerprint density at radius 1 is 1.44 bits per heavy atom. The first-order chi connectivity index (χ1) is 7.73. The lowest BCUT2D eigenvalue weighted by molar-refractivity contribution is -0.122. The number of nitrogens with one attached hydrogen (secondary N) is 1. The molecular weight excluding hydrogens is 222 g/mol. The summed E-state index contributed by atoms with van der Waals surface area (Å²) in [6.45, 7) is 6.77. The third kappa shape index (κ3) is 2.92. The molecule has 1 spiro atoms. The van der Waals surface area contributed by atoms with Crippen molar-refractivity contribution in [3.63, 3.8) is 0 Å². The Morgan fingerprint density at radius 3 is 2.88 bits per heavy atom. The zero-order chi connectivity index (χ0) is 11.4. The van der Waals surface area contributed by atoms with Crippen molar-refractivity contribution >= 4 is 11.8 Å². The van der Waals surface area contributed by atoms with Gasteiger partial charge in [0.05, 0.1) is 31.0 Å². The van der Waals surface area contributed by atoms with Crippen LogP contribution in [0.2, 0.25) is 0 Å². The summed E-state index contributed by atoms with van der Waals surface area (Å²) in [5.74, 6) is 2.44. The Labute approximate surface area is 103 Å². The summed E-state index contributed by atoms with van der Waals surface area (Å²) in [7, 11) is 0. The summed E-state index contributed by atoms with van der Waals surface area (Å²) in [6, 6.07) is 0.379. The topological polar surface area (TPSA) is 30.5 Å². The molecule has 1 N–H and O–H groups in total. The summed E-state index contributed by atoms with van der Waals surface area (Å²) >= 11 is 2.04. The number of ether oxygens (including phenoxy) is 2. The molecule has 4 heteroatoms. The lowest BCUT2D eigenvalue weighted by Gasteiger charge is -2.46. The number of hydrogen-bond donors (Lipinski definition) is 1. The fraction of sp³-hybridized carbons (Fsp3) is 1.00.